The maximum absolute atomic E-state index is 13.0. The molecule has 8 nitrogen and oxygen atoms in total. The van der Waals surface area contributed by atoms with Gasteiger partial charge in [-0.05, 0) is 42.5 Å². The average Bonchev–Trinajstić information content (AvgIpc) is 3.29. The zero-order valence-electron chi connectivity index (χ0n) is 16.7. The van der Waals surface area contributed by atoms with Crippen molar-refractivity contribution in [1.29, 1.82) is 0 Å². The molecule has 0 saturated carbocycles. The number of hydrogen-bond donors (Lipinski definition) is 0. The molecule has 11 heteroatoms. The average molecular weight is 493 g/mol. The third kappa shape index (κ3) is 3.86. The number of ether oxygens (including phenoxy) is 2. The van der Waals surface area contributed by atoms with E-state index in [9.17, 15) is 8.42 Å². The lowest BCUT2D eigenvalue weighted by Gasteiger charge is -2.34. The number of sulfonamides is 1. The van der Waals surface area contributed by atoms with Gasteiger partial charge in [-0.3, -0.25) is 0 Å². The van der Waals surface area contributed by atoms with Crippen LogP contribution < -0.4 is 14.4 Å². The molecule has 3 heterocycles. The highest BCUT2D eigenvalue weighted by Gasteiger charge is 2.31. The summed E-state index contributed by atoms with van der Waals surface area (Å²) in [6.45, 7) is 1.78. The molecule has 0 N–H and O–H groups in total. The molecule has 5 rings (SSSR count). The molecule has 0 spiro atoms. The van der Waals surface area contributed by atoms with Gasteiger partial charge in [-0.1, -0.05) is 29.3 Å². The van der Waals surface area contributed by atoms with E-state index in [1.165, 1.54) is 10.4 Å². The summed E-state index contributed by atoms with van der Waals surface area (Å²) in [5.41, 5.74) is 1.59. The lowest BCUT2D eigenvalue weighted by atomic mass is 10.1. The van der Waals surface area contributed by atoms with Crippen LogP contribution in [0.2, 0.25) is 10.0 Å². The van der Waals surface area contributed by atoms with Crippen molar-refractivity contribution in [1.82, 2.24) is 14.5 Å². The van der Waals surface area contributed by atoms with Crippen LogP contribution in [-0.4, -0.2) is 55.9 Å². The number of nitrogens with zero attached hydrogens (tertiary/aromatic N) is 4. The minimum atomic E-state index is -3.74. The Morgan fingerprint density at radius 2 is 1.66 bits per heavy atom. The number of anilines is 1. The Morgan fingerprint density at radius 1 is 0.875 bits per heavy atom. The molecule has 2 aliphatic heterocycles. The molecule has 3 aromatic rings. The van der Waals surface area contributed by atoms with Gasteiger partial charge in [-0.2, -0.15) is 4.31 Å². The monoisotopic (exact) mass is 492 g/mol. The Bertz CT molecular complexity index is 1260. The van der Waals surface area contributed by atoms with E-state index in [1.807, 2.05) is 35.2 Å². The minimum Gasteiger partial charge on any atom is -0.454 e. The molecular weight excluding hydrogens is 475 g/mol. The van der Waals surface area contributed by atoms with E-state index < -0.39 is 10.0 Å². The van der Waals surface area contributed by atoms with Gasteiger partial charge in [0.25, 0.3) is 0 Å². The molecular formula is C21H18Cl2N4O4S. The Labute approximate surface area is 195 Å². The van der Waals surface area contributed by atoms with Gasteiger partial charge in [0.15, 0.2) is 17.3 Å². The van der Waals surface area contributed by atoms with Gasteiger partial charge in [-0.15, -0.1) is 10.2 Å². The fraction of sp³-hybridized carbons (Fsp3) is 0.238. The third-order valence-corrected chi connectivity index (χ3v) is 8.29. The van der Waals surface area contributed by atoms with Crippen LogP contribution in [0, 0.1) is 0 Å². The number of halogens is 2. The number of rotatable bonds is 4. The van der Waals surface area contributed by atoms with E-state index in [1.54, 1.807) is 12.1 Å². The molecule has 1 aromatic heterocycles. The van der Waals surface area contributed by atoms with Crippen LogP contribution in [0.15, 0.2) is 53.4 Å². The van der Waals surface area contributed by atoms with Crippen molar-refractivity contribution in [2.75, 3.05) is 37.9 Å². The fourth-order valence-corrected chi connectivity index (χ4v) is 5.84. The molecule has 0 atom stereocenters. The molecule has 2 aliphatic rings. The second kappa shape index (κ2) is 8.40. The standard InChI is InChI=1S/C21H18Cl2N4O4S/c22-15-2-1-3-19(21(15)23)32(28,29)27-10-8-26(9-11-27)20-7-5-16(24-25-20)14-4-6-17-18(12-14)31-13-30-17/h1-7,12H,8-11,13H2. The summed E-state index contributed by atoms with van der Waals surface area (Å²) in [5, 5.41) is 8.93. The quantitative estimate of drug-likeness (QED) is 0.548. The number of aromatic nitrogens is 2. The first kappa shape index (κ1) is 21.3. The molecule has 1 saturated heterocycles. The number of piperazine rings is 1. The highest BCUT2D eigenvalue weighted by atomic mass is 35.5. The zero-order valence-corrected chi connectivity index (χ0v) is 19.1. The normalized spacial score (nSPS) is 16.4. The largest absolute Gasteiger partial charge is 0.454 e. The second-order valence-corrected chi connectivity index (χ2v) is 9.98. The lowest BCUT2D eigenvalue weighted by Crippen LogP contribution is -2.49. The van der Waals surface area contributed by atoms with E-state index in [0.717, 1.165) is 5.56 Å². The first-order valence-electron chi connectivity index (χ1n) is 9.86. The van der Waals surface area contributed by atoms with Crippen molar-refractivity contribution in [3.8, 4) is 22.8 Å². The van der Waals surface area contributed by atoms with E-state index in [4.69, 9.17) is 32.7 Å². The van der Waals surface area contributed by atoms with Crippen LogP contribution >= 0.6 is 23.2 Å². The van der Waals surface area contributed by atoms with Gasteiger partial charge >= 0.3 is 0 Å². The van der Waals surface area contributed by atoms with Crippen LogP contribution in [0.3, 0.4) is 0 Å². The molecule has 0 radical (unpaired) electrons. The Balaban J connectivity index is 1.28. The molecule has 0 unspecified atom stereocenters. The fourth-order valence-electron chi connectivity index (χ4n) is 3.68. The summed E-state index contributed by atoms with van der Waals surface area (Å²) in [4.78, 5) is 2.02. The Kier molecular flexibility index (Phi) is 5.58. The topological polar surface area (TPSA) is 84.9 Å². The summed E-state index contributed by atoms with van der Waals surface area (Å²) < 4.78 is 38.2. The van der Waals surface area contributed by atoms with Crippen molar-refractivity contribution in [2.45, 2.75) is 4.90 Å². The smallest absolute Gasteiger partial charge is 0.244 e. The third-order valence-electron chi connectivity index (χ3n) is 5.42. The first-order valence-corrected chi connectivity index (χ1v) is 12.1. The van der Waals surface area contributed by atoms with Crippen molar-refractivity contribution in [2.24, 2.45) is 0 Å². The first-order chi connectivity index (χ1) is 15.4. The number of hydrogen-bond acceptors (Lipinski definition) is 7. The lowest BCUT2D eigenvalue weighted by molar-refractivity contribution is 0.174. The molecule has 0 amide bonds. The van der Waals surface area contributed by atoms with Crippen LogP contribution in [0.4, 0.5) is 5.82 Å². The van der Waals surface area contributed by atoms with Gasteiger partial charge in [0, 0.05) is 31.7 Å². The maximum Gasteiger partial charge on any atom is 0.244 e. The molecule has 1 fully saturated rings. The molecule has 166 valence electrons. The van der Waals surface area contributed by atoms with Crippen molar-refractivity contribution < 1.29 is 17.9 Å². The Hall–Kier alpha value is -2.59. The molecule has 0 aliphatic carbocycles. The van der Waals surface area contributed by atoms with Crippen LogP contribution in [0.25, 0.3) is 11.3 Å². The zero-order chi connectivity index (χ0) is 22.3. The van der Waals surface area contributed by atoms with Crippen molar-refractivity contribution in [3.63, 3.8) is 0 Å². The van der Waals surface area contributed by atoms with E-state index in [0.29, 0.717) is 49.2 Å². The second-order valence-electron chi connectivity index (χ2n) is 7.29. The van der Waals surface area contributed by atoms with Gasteiger partial charge in [-0.25, -0.2) is 8.42 Å². The molecule has 0 bridgehead atoms. The summed E-state index contributed by atoms with van der Waals surface area (Å²) in [6.07, 6.45) is 0. The van der Waals surface area contributed by atoms with Crippen molar-refractivity contribution >= 4 is 39.0 Å². The van der Waals surface area contributed by atoms with Crippen LogP contribution in [0.5, 0.6) is 11.5 Å². The molecule has 2 aromatic carbocycles. The van der Waals surface area contributed by atoms with E-state index >= 15 is 0 Å². The predicted octanol–water partition coefficient (Wildman–Crippen LogP) is 3.69. The highest BCUT2D eigenvalue weighted by molar-refractivity contribution is 7.89. The van der Waals surface area contributed by atoms with E-state index in [2.05, 4.69) is 10.2 Å². The van der Waals surface area contributed by atoms with Crippen molar-refractivity contribution in [3.05, 3.63) is 58.6 Å². The number of benzene rings is 2. The predicted molar refractivity (Wildman–Crippen MR) is 121 cm³/mol. The van der Waals surface area contributed by atoms with Crippen LogP contribution in [-0.2, 0) is 10.0 Å². The van der Waals surface area contributed by atoms with Crippen LogP contribution in [0.1, 0.15) is 0 Å². The summed E-state index contributed by atoms with van der Waals surface area (Å²) in [7, 11) is -3.74. The summed E-state index contributed by atoms with van der Waals surface area (Å²) in [6, 6.07) is 14.0. The van der Waals surface area contributed by atoms with E-state index in [-0.39, 0.29) is 21.7 Å². The SMILES string of the molecule is O=S(=O)(c1cccc(Cl)c1Cl)N1CCN(c2ccc(-c3ccc4c(c3)OCO4)nn2)CC1. The molecule has 32 heavy (non-hydrogen) atoms. The highest BCUT2D eigenvalue weighted by Crippen LogP contribution is 2.35. The van der Waals surface area contributed by atoms with Gasteiger partial charge in [0.05, 0.1) is 15.7 Å². The summed E-state index contributed by atoms with van der Waals surface area (Å²) in [5.74, 6) is 2.09. The van der Waals surface area contributed by atoms with Gasteiger partial charge in [0.2, 0.25) is 16.8 Å². The number of fused-ring (bicyclic) bond motifs is 1. The minimum absolute atomic E-state index is 0.0213. The Morgan fingerprint density at radius 3 is 2.41 bits per heavy atom. The maximum atomic E-state index is 13.0. The van der Waals surface area contributed by atoms with Gasteiger partial charge in [0.1, 0.15) is 4.90 Å². The van der Waals surface area contributed by atoms with Gasteiger partial charge < -0.3 is 14.4 Å². The summed E-state index contributed by atoms with van der Waals surface area (Å²) >= 11 is 12.1.